The highest BCUT2D eigenvalue weighted by atomic mass is 32.2. The van der Waals surface area contributed by atoms with Crippen LogP contribution in [0.4, 0.5) is 0 Å². The Kier molecular flexibility index (Phi) is 6.39. The van der Waals surface area contributed by atoms with Crippen molar-refractivity contribution in [1.82, 2.24) is 4.90 Å². The second-order valence-corrected chi connectivity index (χ2v) is 7.18. The van der Waals surface area contributed by atoms with Crippen LogP contribution in [0.2, 0.25) is 0 Å². The topological polar surface area (TPSA) is 82.1 Å². The number of carbonyl (C=O) groups is 3. The van der Waals surface area contributed by atoms with E-state index >= 15 is 0 Å². The molecule has 2 aliphatic heterocycles. The van der Waals surface area contributed by atoms with Crippen LogP contribution in [0, 0.1) is 5.92 Å². The van der Waals surface area contributed by atoms with Crippen LogP contribution in [0.15, 0.2) is 35.4 Å². The van der Waals surface area contributed by atoms with Gasteiger partial charge in [0.15, 0.2) is 0 Å². The lowest BCUT2D eigenvalue weighted by atomic mass is 9.97. The quantitative estimate of drug-likeness (QED) is 0.415. The summed E-state index contributed by atoms with van der Waals surface area (Å²) in [7, 11) is 1.29. The van der Waals surface area contributed by atoms with E-state index in [1.54, 1.807) is 0 Å². The third-order valence-corrected chi connectivity index (χ3v) is 5.36. The summed E-state index contributed by atoms with van der Waals surface area (Å²) in [6, 6.07) is 7.65. The standard InChI is InChI=1S/C19H21NO6S/c1-24-18(22)10-17-20(16(21)12-27-17)7-4-8-25-19(23)14-9-13-5-2-3-6-15(13)26-11-14/h2-3,5-6,10,14H,4,7-9,11-12H2,1H3/b17-10+. The minimum atomic E-state index is -0.499. The van der Waals surface area contributed by atoms with E-state index in [0.717, 1.165) is 11.3 Å². The highest BCUT2D eigenvalue weighted by Gasteiger charge is 2.28. The number of thioether (sulfide) groups is 1. The SMILES string of the molecule is COC(=O)/C=C1/SCC(=O)N1CCCOC(=O)C1COc2ccccc2C1. The molecule has 1 aromatic carbocycles. The van der Waals surface area contributed by atoms with E-state index in [4.69, 9.17) is 9.47 Å². The van der Waals surface area contributed by atoms with Gasteiger partial charge in [-0.05, 0) is 24.5 Å². The molecule has 27 heavy (non-hydrogen) atoms. The molecule has 1 fully saturated rings. The second kappa shape index (κ2) is 8.94. The van der Waals surface area contributed by atoms with E-state index in [2.05, 4.69) is 4.74 Å². The van der Waals surface area contributed by atoms with E-state index in [1.807, 2.05) is 24.3 Å². The van der Waals surface area contributed by atoms with Gasteiger partial charge in [0.05, 0.1) is 36.5 Å². The first-order chi connectivity index (χ1) is 13.1. The van der Waals surface area contributed by atoms with Gasteiger partial charge in [-0.2, -0.15) is 0 Å². The fraction of sp³-hybridized carbons (Fsp3) is 0.421. The summed E-state index contributed by atoms with van der Waals surface area (Å²) >= 11 is 1.30. The summed E-state index contributed by atoms with van der Waals surface area (Å²) in [5, 5.41) is 0.565. The zero-order chi connectivity index (χ0) is 19.2. The number of benzene rings is 1. The number of para-hydroxylation sites is 1. The smallest absolute Gasteiger partial charge is 0.333 e. The highest BCUT2D eigenvalue weighted by Crippen LogP contribution is 2.29. The van der Waals surface area contributed by atoms with Gasteiger partial charge in [-0.15, -0.1) is 0 Å². The van der Waals surface area contributed by atoms with Crippen LogP contribution in [0.3, 0.4) is 0 Å². The largest absolute Gasteiger partial charge is 0.492 e. The van der Waals surface area contributed by atoms with Gasteiger partial charge in [0, 0.05) is 6.54 Å². The fourth-order valence-electron chi connectivity index (χ4n) is 2.92. The van der Waals surface area contributed by atoms with E-state index in [0.29, 0.717) is 36.8 Å². The fourth-order valence-corrected chi connectivity index (χ4v) is 3.88. The Morgan fingerprint density at radius 1 is 1.37 bits per heavy atom. The van der Waals surface area contributed by atoms with Crippen molar-refractivity contribution in [3.05, 3.63) is 40.9 Å². The van der Waals surface area contributed by atoms with Crippen molar-refractivity contribution in [1.29, 1.82) is 0 Å². The molecule has 0 aromatic heterocycles. The van der Waals surface area contributed by atoms with Gasteiger partial charge in [0.2, 0.25) is 5.91 Å². The Hall–Kier alpha value is -2.48. The van der Waals surface area contributed by atoms with Crippen molar-refractivity contribution < 1.29 is 28.6 Å². The Morgan fingerprint density at radius 2 is 2.19 bits per heavy atom. The summed E-state index contributed by atoms with van der Waals surface area (Å²) in [5.74, 6) is -0.0753. The van der Waals surface area contributed by atoms with Crippen LogP contribution >= 0.6 is 11.8 Å². The van der Waals surface area contributed by atoms with E-state index in [1.165, 1.54) is 29.8 Å². The summed E-state index contributed by atoms with van der Waals surface area (Å²) < 4.78 is 15.6. The number of hydrogen-bond donors (Lipinski definition) is 0. The van der Waals surface area contributed by atoms with Crippen LogP contribution in [-0.2, 0) is 30.3 Å². The summed E-state index contributed by atoms with van der Waals surface area (Å²) in [6.45, 7) is 0.895. The number of amides is 1. The van der Waals surface area contributed by atoms with Gasteiger partial charge in [-0.3, -0.25) is 9.59 Å². The molecule has 0 radical (unpaired) electrons. The van der Waals surface area contributed by atoms with E-state index in [-0.39, 0.29) is 24.4 Å². The first-order valence-electron chi connectivity index (χ1n) is 8.68. The zero-order valence-corrected chi connectivity index (χ0v) is 15.8. The van der Waals surface area contributed by atoms with Crippen LogP contribution in [0.1, 0.15) is 12.0 Å². The highest BCUT2D eigenvalue weighted by molar-refractivity contribution is 8.04. The number of esters is 2. The van der Waals surface area contributed by atoms with Crippen molar-refractivity contribution in [2.45, 2.75) is 12.8 Å². The van der Waals surface area contributed by atoms with Gasteiger partial charge < -0.3 is 19.1 Å². The zero-order valence-electron chi connectivity index (χ0n) is 15.0. The molecular weight excluding hydrogens is 370 g/mol. The van der Waals surface area contributed by atoms with Gasteiger partial charge in [0.25, 0.3) is 0 Å². The Morgan fingerprint density at radius 3 is 3.00 bits per heavy atom. The molecule has 7 nitrogen and oxygen atoms in total. The van der Waals surface area contributed by atoms with Gasteiger partial charge in [0.1, 0.15) is 12.4 Å². The van der Waals surface area contributed by atoms with Gasteiger partial charge >= 0.3 is 11.9 Å². The van der Waals surface area contributed by atoms with Crippen molar-refractivity contribution in [3.8, 4) is 5.75 Å². The molecule has 8 heteroatoms. The number of rotatable bonds is 6. The molecular formula is C19H21NO6S. The maximum atomic E-state index is 12.3. The second-order valence-electron chi connectivity index (χ2n) is 6.18. The normalized spacial score (nSPS) is 20.2. The lowest BCUT2D eigenvalue weighted by Crippen LogP contribution is -2.31. The minimum Gasteiger partial charge on any atom is -0.492 e. The number of carbonyl (C=O) groups excluding carboxylic acids is 3. The Labute approximate surface area is 161 Å². The third-order valence-electron chi connectivity index (χ3n) is 4.34. The summed E-state index contributed by atoms with van der Waals surface area (Å²) in [4.78, 5) is 37.1. The molecule has 1 aromatic rings. The van der Waals surface area contributed by atoms with Crippen LogP contribution < -0.4 is 4.74 Å². The molecule has 1 unspecified atom stereocenters. The van der Waals surface area contributed by atoms with E-state index in [9.17, 15) is 14.4 Å². The predicted molar refractivity (Wildman–Crippen MR) is 99.0 cm³/mol. The van der Waals surface area contributed by atoms with Gasteiger partial charge in [-0.25, -0.2) is 4.79 Å². The van der Waals surface area contributed by atoms with Crippen molar-refractivity contribution >= 4 is 29.6 Å². The average molecular weight is 391 g/mol. The maximum Gasteiger partial charge on any atom is 0.333 e. The average Bonchev–Trinajstić information content (AvgIpc) is 3.03. The molecule has 1 amide bonds. The summed E-state index contributed by atoms with van der Waals surface area (Å²) in [5.41, 5.74) is 1.00. The van der Waals surface area contributed by atoms with E-state index < -0.39 is 5.97 Å². The molecule has 2 aliphatic rings. The number of fused-ring (bicyclic) bond motifs is 1. The first kappa shape index (κ1) is 19.3. The maximum absolute atomic E-state index is 12.3. The van der Waals surface area contributed by atoms with Gasteiger partial charge in [-0.1, -0.05) is 30.0 Å². The molecule has 1 atom stereocenters. The first-order valence-corrected chi connectivity index (χ1v) is 9.67. The lowest BCUT2D eigenvalue weighted by Gasteiger charge is -2.24. The number of ether oxygens (including phenoxy) is 3. The third kappa shape index (κ3) is 4.82. The van der Waals surface area contributed by atoms with Crippen molar-refractivity contribution in [3.63, 3.8) is 0 Å². The lowest BCUT2D eigenvalue weighted by molar-refractivity contribution is -0.150. The number of hydrogen-bond acceptors (Lipinski definition) is 7. The van der Waals surface area contributed by atoms with Crippen LogP contribution in [0.25, 0.3) is 0 Å². The van der Waals surface area contributed by atoms with Crippen molar-refractivity contribution in [2.75, 3.05) is 32.6 Å². The molecule has 144 valence electrons. The molecule has 0 spiro atoms. The molecule has 0 N–H and O–H groups in total. The Balaban J connectivity index is 1.45. The minimum absolute atomic E-state index is 0.0706. The molecule has 2 heterocycles. The summed E-state index contributed by atoms with van der Waals surface area (Å²) in [6.07, 6.45) is 2.39. The Bertz CT molecular complexity index is 762. The van der Waals surface area contributed by atoms with Crippen molar-refractivity contribution in [2.24, 2.45) is 5.92 Å². The molecule has 1 saturated heterocycles. The number of nitrogens with zero attached hydrogens (tertiary/aromatic N) is 1. The molecule has 0 aliphatic carbocycles. The molecule has 0 bridgehead atoms. The van der Waals surface area contributed by atoms with Crippen LogP contribution in [0.5, 0.6) is 5.75 Å². The monoisotopic (exact) mass is 391 g/mol. The van der Waals surface area contributed by atoms with Crippen LogP contribution in [-0.4, -0.2) is 55.4 Å². The molecule has 3 rings (SSSR count). The molecule has 0 saturated carbocycles. The predicted octanol–water partition coefficient (Wildman–Crippen LogP) is 1.76. The number of methoxy groups -OCH3 is 1.